The van der Waals surface area contributed by atoms with Crippen molar-refractivity contribution in [1.29, 1.82) is 5.26 Å². The number of nitriles is 1. The molecule has 0 amide bonds. The van der Waals surface area contributed by atoms with Crippen molar-refractivity contribution >= 4 is 43.9 Å². The van der Waals surface area contributed by atoms with Crippen molar-refractivity contribution in [1.82, 2.24) is 20.3 Å². The van der Waals surface area contributed by atoms with Crippen molar-refractivity contribution in [3.8, 4) is 6.07 Å². The number of nitrogens with zero attached hydrogens (tertiary/aromatic N) is 6. The molecule has 2 saturated heterocycles. The molecule has 0 bridgehead atoms. The number of benzene rings is 1. The third kappa shape index (κ3) is 5.11. The van der Waals surface area contributed by atoms with Gasteiger partial charge in [0.05, 0.1) is 17.7 Å². The van der Waals surface area contributed by atoms with E-state index in [1.54, 1.807) is 6.20 Å². The summed E-state index contributed by atoms with van der Waals surface area (Å²) >= 11 is 0. The van der Waals surface area contributed by atoms with Crippen molar-refractivity contribution in [2.75, 3.05) is 47.6 Å². The number of pyridine rings is 1. The van der Waals surface area contributed by atoms with E-state index in [0.717, 1.165) is 29.5 Å². The molecule has 0 unspecified atom stereocenters. The summed E-state index contributed by atoms with van der Waals surface area (Å²) in [5.41, 5.74) is 2.21. The van der Waals surface area contributed by atoms with Crippen LogP contribution in [-0.4, -0.2) is 73.1 Å². The summed E-state index contributed by atoms with van der Waals surface area (Å²) in [5.74, 6) is 2.25. The zero-order chi connectivity index (χ0) is 27.0. The molecular weight excluding hydrogens is 500 g/mol. The van der Waals surface area contributed by atoms with Gasteiger partial charge in [-0.3, -0.25) is 0 Å². The van der Waals surface area contributed by atoms with Gasteiger partial charge in [-0.25, -0.2) is 18.4 Å². The standard InChI is InChI=1S/C27H34N8O2S/c1-17(2)20-5-6-23(35-16-24(18(35)3)38(4,36)37)22-14-31-26(13-21(20)22)32-25-8-10-30-27(33-25)34-12-11-29-19(15-34)7-9-28/h5-6,8,10,13-14,17-19,24,29H,7,11-12,15-16H2,1-4H3,(H,30,31,32,33)/t18-,19+,24+/m1/s1. The van der Waals surface area contributed by atoms with Gasteiger partial charge >= 0.3 is 0 Å². The molecule has 3 aromatic rings. The minimum atomic E-state index is -3.09. The number of hydrogen-bond acceptors (Lipinski definition) is 10. The summed E-state index contributed by atoms with van der Waals surface area (Å²) < 4.78 is 24.2. The lowest BCUT2D eigenvalue weighted by Gasteiger charge is -2.47. The second-order valence-electron chi connectivity index (χ2n) is 10.5. The summed E-state index contributed by atoms with van der Waals surface area (Å²) in [4.78, 5) is 18.1. The highest BCUT2D eigenvalue weighted by atomic mass is 32.2. The highest BCUT2D eigenvalue weighted by molar-refractivity contribution is 7.91. The first-order chi connectivity index (χ1) is 18.2. The van der Waals surface area contributed by atoms with Crippen LogP contribution < -0.4 is 20.4 Å². The predicted octanol–water partition coefficient (Wildman–Crippen LogP) is 3.21. The van der Waals surface area contributed by atoms with E-state index >= 15 is 0 Å². The average molecular weight is 535 g/mol. The van der Waals surface area contributed by atoms with Gasteiger partial charge in [0.2, 0.25) is 5.95 Å². The maximum atomic E-state index is 12.1. The SMILES string of the molecule is CC(C)c1ccc(N2C[C@H](S(C)(=O)=O)[C@H]2C)c2cnc(Nc3ccnc(N4CCN[C@@H](CC#N)C4)n3)cc12. The molecule has 3 atom stereocenters. The minimum Gasteiger partial charge on any atom is -0.366 e. The number of rotatable bonds is 7. The first-order valence-electron chi connectivity index (χ1n) is 13.0. The number of fused-ring (bicyclic) bond motifs is 1. The average Bonchev–Trinajstić information content (AvgIpc) is 2.87. The molecule has 200 valence electrons. The summed E-state index contributed by atoms with van der Waals surface area (Å²) in [6.45, 7) is 9.02. The summed E-state index contributed by atoms with van der Waals surface area (Å²) in [6.07, 6.45) is 5.36. The van der Waals surface area contributed by atoms with Gasteiger partial charge < -0.3 is 20.4 Å². The van der Waals surface area contributed by atoms with Crippen molar-refractivity contribution in [3.63, 3.8) is 0 Å². The Balaban J connectivity index is 1.42. The van der Waals surface area contributed by atoms with E-state index < -0.39 is 9.84 Å². The molecule has 2 aromatic heterocycles. The van der Waals surface area contributed by atoms with E-state index in [1.165, 1.54) is 11.8 Å². The number of anilines is 4. The van der Waals surface area contributed by atoms with Gasteiger partial charge in [-0.05, 0) is 42.0 Å². The second-order valence-corrected chi connectivity index (χ2v) is 12.8. The zero-order valence-electron chi connectivity index (χ0n) is 22.2. The Bertz CT molecular complexity index is 1490. The van der Waals surface area contributed by atoms with E-state index in [9.17, 15) is 8.42 Å². The molecule has 2 fully saturated rings. The molecule has 10 nitrogen and oxygen atoms in total. The van der Waals surface area contributed by atoms with Crippen LogP contribution in [0.15, 0.2) is 36.7 Å². The molecule has 1 aromatic carbocycles. The topological polar surface area (TPSA) is 127 Å². The minimum absolute atomic E-state index is 0.0897. The van der Waals surface area contributed by atoms with E-state index in [-0.39, 0.29) is 17.3 Å². The van der Waals surface area contributed by atoms with E-state index in [2.05, 4.69) is 57.5 Å². The molecule has 2 aliphatic heterocycles. The first kappa shape index (κ1) is 26.1. The van der Waals surface area contributed by atoms with Crippen LogP contribution in [0.1, 0.15) is 38.7 Å². The van der Waals surface area contributed by atoms with Crippen LogP contribution in [0.5, 0.6) is 0 Å². The van der Waals surface area contributed by atoms with Crippen LogP contribution in [0.2, 0.25) is 0 Å². The van der Waals surface area contributed by atoms with Gasteiger partial charge in [-0.15, -0.1) is 0 Å². The number of sulfone groups is 1. The summed E-state index contributed by atoms with van der Waals surface area (Å²) in [5, 5.41) is 17.5. The molecule has 0 saturated carbocycles. The van der Waals surface area contributed by atoms with Crippen LogP contribution in [0.25, 0.3) is 10.8 Å². The maximum absolute atomic E-state index is 12.1. The fourth-order valence-electron chi connectivity index (χ4n) is 5.41. The summed E-state index contributed by atoms with van der Waals surface area (Å²) in [6, 6.07) is 10.3. The van der Waals surface area contributed by atoms with Crippen LogP contribution in [0, 0.1) is 11.3 Å². The third-order valence-corrected chi connectivity index (χ3v) is 9.22. The van der Waals surface area contributed by atoms with E-state index in [1.807, 2.05) is 25.3 Å². The molecule has 0 spiro atoms. The highest BCUT2D eigenvalue weighted by Crippen LogP contribution is 2.39. The summed E-state index contributed by atoms with van der Waals surface area (Å²) in [7, 11) is -3.09. The smallest absolute Gasteiger partial charge is 0.227 e. The number of piperazine rings is 1. The van der Waals surface area contributed by atoms with Crippen molar-refractivity contribution in [3.05, 3.63) is 42.2 Å². The highest BCUT2D eigenvalue weighted by Gasteiger charge is 2.42. The van der Waals surface area contributed by atoms with Crippen LogP contribution in [0.3, 0.4) is 0 Å². The monoisotopic (exact) mass is 534 g/mol. The van der Waals surface area contributed by atoms with Gasteiger partial charge in [0.1, 0.15) is 11.6 Å². The zero-order valence-corrected chi connectivity index (χ0v) is 23.0. The normalized spacial score (nSPS) is 21.8. The second kappa shape index (κ2) is 10.3. The van der Waals surface area contributed by atoms with Gasteiger partial charge in [0.15, 0.2) is 9.84 Å². The lowest BCUT2D eigenvalue weighted by molar-refractivity contribution is 0.458. The van der Waals surface area contributed by atoms with E-state index in [0.29, 0.717) is 43.0 Å². The molecule has 11 heteroatoms. The molecule has 0 aliphatic carbocycles. The number of hydrogen-bond donors (Lipinski definition) is 2. The van der Waals surface area contributed by atoms with Gasteiger partial charge in [-0.1, -0.05) is 19.9 Å². The van der Waals surface area contributed by atoms with Crippen LogP contribution >= 0.6 is 0 Å². The van der Waals surface area contributed by atoms with Gasteiger partial charge in [0, 0.05) is 68.0 Å². The Kier molecular flexibility index (Phi) is 7.11. The molecule has 5 rings (SSSR count). The van der Waals surface area contributed by atoms with Crippen molar-refractivity contribution in [2.45, 2.75) is 50.4 Å². The Morgan fingerprint density at radius 2 is 2.00 bits per heavy atom. The Labute approximate surface area is 224 Å². The quantitative estimate of drug-likeness (QED) is 0.466. The molecular formula is C27H34N8O2S. The number of nitrogens with one attached hydrogen (secondary N) is 2. The lowest BCUT2D eigenvalue weighted by Crippen LogP contribution is -2.61. The molecule has 4 heterocycles. The fraction of sp³-hybridized carbons (Fsp3) is 0.481. The Hall–Kier alpha value is -3.49. The van der Waals surface area contributed by atoms with Gasteiger partial charge in [-0.2, -0.15) is 10.2 Å². The maximum Gasteiger partial charge on any atom is 0.227 e. The van der Waals surface area contributed by atoms with Crippen molar-refractivity contribution < 1.29 is 8.42 Å². The Morgan fingerprint density at radius 3 is 2.71 bits per heavy atom. The van der Waals surface area contributed by atoms with Gasteiger partial charge in [0.25, 0.3) is 0 Å². The number of aromatic nitrogens is 3. The fourth-order valence-corrected chi connectivity index (χ4v) is 6.70. The Morgan fingerprint density at radius 1 is 1.18 bits per heavy atom. The van der Waals surface area contributed by atoms with Crippen molar-refractivity contribution in [2.24, 2.45) is 0 Å². The van der Waals surface area contributed by atoms with E-state index in [4.69, 9.17) is 15.2 Å². The predicted molar refractivity (Wildman–Crippen MR) is 151 cm³/mol. The van der Waals surface area contributed by atoms with Crippen LogP contribution in [-0.2, 0) is 9.84 Å². The first-order valence-corrected chi connectivity index (χ1v) is 14.9. The largest absolute Gasteiger partial charge is 0.366 e. The molecule has 2 N–H and O–H groups in total. The lowest BCUT2D eigenvalue weighted by atomic mass is 9.93. The van der Waals surface area contributed by atoms with Crippen LogP contribution in [0.4, 0.5) is 23.3 Å². The molecule has 2 aliphatic rings. The molecule has 38 heavy (non-hydrogen) atoms. The third-order valence-electron chi connectivity index (χ3n) is 7.57. The molecule has 0 radical (unpaired) electrons.